The molecule has 0 aromatic heterocycles. The highest BCUT2D eigenvalue weighted by molar-refractivity contribution is 5.84. The Kier molecular flexibility index (Phi) is 3.47. The van der Waals surface area contributed by atoms with Crippen molar-refractivity contribution in [1.29, 1.82) is 0 Å². The van der Waals surface area contributed by atoms with Crippen LogP contribution < -0.4 is 10.1 Å². The fourth-order valence-electron chi connectivity index (χ4n) is 2.39. The van der Waals surface area contributed by atoms with Crippen molar-refractivity contribution in [2.75, 3.05) is 5.32 Å². The van der Waals surface area contributed by atoms with Gasteiger partial charge in [-0.3, -0.25) is 4.79 Å². The minimum Gasteiger partial charge on any atom is -0.508 e. The molecule has 112 valence electrons. The van der Waals surface area contributed by atoms with Gasteiger partial charge in [-0.25, -0.2) is 0 Å². The van der Waals surface area contributed by atoms with Crippen LogP contribution in [-0.4, -0.2) is 16.0 Å². The maximum Gasteiger partial charge on any atom is 0.190 e. The van der Waals surface area contributed by atoms with Gasteiger partial charge in [0.2, 0.25) is 0 Å². The first-order valence-electron chi connectivity index (χ1n) is 6.80. The summed E-state index contributed by atoms with van der Waals surface area (Å²) in [5.41, 5.74) is 2.06. The van der Waals surface area contributed by atoms with Crippen molar-refractivity contribution in [2.45, 2.75) is 12.8 Å². The summed E-state index contributed by atoms with van der Waals surface area (Å²) in [6, 6.07) is 9.61. The van der Waals surface area contributed by atoms with E-state index in [0.717, 1.165) is 11.3 Å². The van der Waals surface area contributed by atoms with Gasteiger partial charge >= 0.3 is 0 Å². The van der Waals surface area contributed by atoms with Crippen LogP contribution in [0.25, 0.3) is 0 Å². The molecule has 0 spiro atoms. The quantitative estimate of drug-likeness (QED) is 0.756. The number of aromatic hydroxyl groups is 2. The van der Waals surface area contributed by atoms with Gasteiger partial charge in [0.15, 0.2) is 11.6 Å². The van der Waals surface area contributed by atoms with E-state index in [-0.39, 0.29) is 30.1 Å². The van der Waals surface area contributed by atoms with Crippen LogP contribution in [0.4, 0.5) is 5.69 Å². The topological polar surface area (TPSA) is 78.8 Å². The number of nitrogens with one attached hydrogen (secondary N) is 1. The van der Waals surface area contributed by atoms with Crippen LogP contribution in [0.15, 0.2) is 48.9 Å². The number of ether oxygens (including phenoxy) is 1. The van der Waals surface area contributed by atoms with Crippen molar-refractivity contribution in [1.82, 2.24) is 0 Å². The summed E-state index contributed by atoms with van der Waals surface area (Å²) in [6.45, 7) is 3.68. The first-order valence-corrected chi connectivity index (χ1v) is 6.80. The highest BCUT2D eigenvalue weighted by Gasteiger charge is 2.16. The summed E-state index contributed by atoms with van der Waals surface area (Å²) in [5.74, 6) is 1.07. The molecule has 5 heteroatoms. The van der Waals surface area contributed by atoms with Crippen LogP contribution in [0.1, 0.15) is 11.1 Å². The smallest absolute Gasteiger partial charge is 0.190 e. The van der Waals surface area contributed by atoms with Gasteiger partial charge in [0.1, 0.15) is 17.3 Å². The highest BCUT2D eigenvalue weighted by Crippen LogP contribution is 2.33. The van der Waals surface area contributed by atoms with Gasteiger partial charge in [-0.2, -0.15) is 0 Å². The summed E-state index contributed by atoms with van der Waals surface area (Å²) < 4.78 is 5.39. The fourth-order valence-corrected chi connectivity index (χ4v) is 2.39. The van der Waals surface area contributed by atoms with Gasteiger partial charge in [-0.1, -0.05) is 6.07 Å². The highest BCUT2D eigenvalue weighted by atomic mass is 16.5. The first-order chi connectivity index (χ1) is 10.5. The van der Waals surface area contributed by atoms with Gasteiger partial charge < -0.3 is 20.3 Å². The minimum absolute atomic E-state index is 0.00364. The second kappa shape index (κ2) is 5.44. The van der Waals surface area contributed by atoms with Crippen molar-refractivity contribution in [3.63, 3.8) is 0 Å². The van der Waals surface area contributed by atoms with Crippen molar-refractivity contribution in [3.8, 4) is 17.2 Å². The summed E-state index contributed by atoms with van der Waals surface area (Å²) in [7, 11) is 0. The Morgan fingerprint density at radius 3 is 2.77 bits per heavy atom. The number of carbonyl (C=O) groups excluding carboxylic acids is 1. The molecule has 2 aromatic rings. The fraction of sp³-hybridized carbons (Fsp3) is 0.118. The average Bonchev–Trinajstić information content (AvgIpc) is 2.82. The zero-order valence-corrected chi connectivity index (χ0v) is 11.8. The zero-order valence-electron chi connectivity index (χ0n) is 11.8. The molecule has 5 nitrogen and oxygen atoms in total. The number of carbonyl (C=O) groups is 1. The number of phenols is 2. The number of benzene rings is 2. The first kappa shape index (κ1) is 14.0. The third-order valence-electron chi connectivity index (χ3n) is 3.41. The Morgan fingerprint density at radius 2 is 1.95 bits per heavy atom. The maximum absolute atomic E-state index is 12.1. The molecule has 0 bridgehead atoms. The largest absolute Gasteiger partial charge is 0.508 e. The standard InChI is InChI=1S/C17H15NO4/c1-10-18-15-4-2-11(7-17(15)22-10)6-14(20)9-12-8-13(19)3-5-16(12)21/h2-5,7-8,18-19,21H,1,6,9H2. The van der Waals surface area contributed by atoms with E-state index < -0.39 is 0 Å². The molecule has 3 N–H and O–H groups in total. The summed E-state index contributed by atoms with van der Waals surface area (Å²) in [6.07, 6.45) is 0.279. The number of Topliss-reactive ketones (excluding diaryl/α,β-unsaturated/α-hetero) is 1. The average molecular weight is 297 g/mol. The number of anilines is 1. The molecule has 0 radical (unpaired) electrons. The Labute approximate surface area is 127 Å². The number of hydrogen-bond donors (Lipinski definition) is 3. The van der Waals surface area contributed by atoms with Gasteiger partial charge in [0, 0.05) is 18.4 Å². The second-order valence-corrected chi connectivity index (χ2v) is 5.19. The lowest BCUT2D eigenvalue weighted by Gasteiger charge is -2.06. The van der Waals surface area contributed by atoms with E-state index in [0.29, 0.717) is 17.2 Å². The van der Waals surface area contributed by atoms with Crippen LogP contribution in [0.2, 0.25) is 0 Å². The van der Waals surface area contributed by atoms with E-state index in [2.05, 4.69) is 11.9 Å². The SMILES string of the molecule is C=C1Nc2ccc(CC(=O)Cc3cc(O)ccc3O)cc2O1. The Bertz CT molecular complexity index is 767. The molecule has 22 heavy (non-hydrogen) atoms. The molecule has 3 rings (SSSR count). The molecular weight excluding hydrogens is 282 g/mol. The van der Waals surface area contributed by atoms with Crippen LogP contribution in [-0.2, 0) is 17.6 Å². The zero-order chi connectivity index (χ0) is 15.7. The van der Waals surface area contributed by atoms with E-state index in [4.69, 9.17) is 4.74 Å². The van der Waals surface area contributed by atoms with Gasteiger partial charge in [-0.05, 0) is 42.5 Å². The molecular formula is C17H15NO4. The van der Waals surface area contributed by atoms with E-state index >= 15 is 0 Å². The summed E-state index contributed by atoms with van der Waals surface area (Å²) in [5, 5.41) is 22.1. The van der Waals surface area contributed by atoms with Crippen LogP contribution in [0.5, 0.6) is 17.2 Å². The lowest BCUT2D eigenvalue weighted by Crippen LogP contribution is -2.06. The molecule has 0 unspecified atom stereocenters. The lowest BCUT2D eigenvalue weighted by atomic mass is 10.0. The number of hydrogen-bond acceptors (Lipinski definition) is 5. The molecule has 1 heterocycles. The van der Waals surface area contributed by atoms with E-state index in [1.54, 1.807) is 6.07 Å². The molecule has 2 aromatic carbocycles. The summed E-state index contributed by atoms with van der Waals surface area (Å²) in [4.78, 5) is 12.1. The number of fused-ring (bicyclic) bond motifs is 1. The predicted molar refractivity (Wildman–Crippen MR) is 82.0 cm³/mol. The maximum atomic E-state index is 12.1. The number of ketones is 1. The lowest BCUT2D eigenvalue weighted by molar-refractivity contribution is -0.117. The van der Waals surface area contributed by atoms with Crippen molar-refractivity contribution in [3.05, 3.63) is 60.0 Å². The number of rotatable bonds is 4. The van der Waals surface area contributed by atoms with Gasteiger partial charge in [-0.15, -0.1) is 0 Å². The Balaban J connectivity index is 1.71. The van der Waals surface area contributed by atoms with Gasteiger partial charge in [0.25, 0.3) is 0 Å². The second-order valence-electron chi connectivity index (χ2n) is 5.19. The van der Waals surface area contributed by atoms with Crippen molar-refractivity contribution in [2.24, 2.45) is 0 Å². The van der Waals surface area contributed by atoms with Crippen LogP contribution in [0.3, 0.4) is 0 Å². The predicted octanol–water partition coefficient (Wildman–Crippen LogP) is 2.73. The molecule has 1 aliphatic heterocycles. The monoisotopic (exact) mass is 297 g/mol. The molecule has 0 amide bonds. The van der Waals surface area contributed by atoms with Crippen molar-refractivity contribution >= 4 is 11.5 Å². The summed E-state index contributed by atoms with van der Waals surface area (Å²) >= 11 is 0. The Hall–Kier alpha value is -2.95. The molecule has 0 atom stereocenters. The molecule has 1 aliphatic rings. The molecule has 0 saturated heterocycles. The molecule has 0 fully saturated rings. The van der Waals surface area contributed by atoms with E-state index in [1.165, 1.54) is 18.2 Å². The van der Waals surface area contributed by atoms with Crippen LogP contribution in [0, 0.1) is 0 Å². The van der Waals surface area contributed by atoms with Crippen molar-refractivity contribution < 1.29 is 19.7 Å². The minimum atomic E-state index is -0.0642. The Morgan fingerprint density at radius 1 is 1.14 bits per heavy atom. The molecule has 0 aliphatic carbocycles. The number of phenolic OH excluding ortho intramolecular Hbond substituents is 2. The third-order valence-corrected chi connectivity index (χ3v) is 3.41. The normalized spacial score (nSPS) is 12.5. The van der Waals surface area contributed by atoms with Crippen LogP contribution >= 0.6 is 0 Å². The third kappa shape index (κ3) is 2.88. The molecule has 0 saturated carbocycles. The van der Waals surface area contributed by atoms with E-state index in [1.807, 2.05) is 12.1 Å². The van der Waals surface area contributed by atoms with E-state index in [9.17, 15) is 15.0 Å². The van der Waals surface area contributed by atoms with Gasteiger partial charge in [0.05, 0.1) is 5.69 Å².